The van der Waals surface area contributed by atoms with Gasteiger partial charge in [-0.3, -0.25) is 9.59 Å². The van der Waals surface area contributed by atoms with Gasteiger partial charge in [0.2, 0.25) is 0 Å². The van der Waals surface area contributed by atoms with Crippen LogP contribution in [0.25, 0.3) is 0 Å². The summed E-state index contributed by atoms with van der Waals surface area (Å²) < 4.78 is 12.1. The van der Waals surface area contributed by atoms with Gasteiger partial charge in [0.15, 0.2) is 11.9 Å². The Bertz CT molecular complexity index is 998. The molecule has 0 amide bonds. The first-order valence-corrected chi connectivity index (χ1v) is 14.9. The molecule has 0 radical (unpaired) electrons. The number of hydrogen-bond donors (Lipinski definition) is 2. The number of hydrogen-bond acceptors (Lipinski definition) is 6. The summed E-state index contributed by atoms with van der Waals surface area (Å²) >= 11 is 0. The van der Waals surface area contributed by atoms with Crippen molar-refractivity contribution < 1.29 is 29.3 Å². The van der Waals surface area contributed by atoms with E-state index >= 15 is 0 Å². The van der Waals surface area contributed by atoms with E-state index < -0.39 is 29.9 Å². The van der Waals surface area contributed by atoms with E-state index in [2.05, 4.69) is 27.7 Å². The summed E-state index contributed by atoms with van der Waals surface area (Å²) in [6.07, 6.45) is 5.97. The summed E-state index contributed by atoms with van der Waals surface area (Å²) in [6, 6.07) is 0. The molecule has 6 fully saturated rings. The topological polar surface area (TPSA) is 93.1 Å². The number of rotatable bonds is 3. The van der Waals surface area contributed by atoms with Crippen LogP contribution in [0.2, 0.25) is 0 Å². The number of ketones is 1. The highest BCUT2D eigenvalue weighted by molar-refractivity contribution is 5.90. The van der Waals surface area contributed by atoms with E-state index in [0.29, 0.717) is 24.2 Å². The molecule has 1 saturated heterocycles. The molecule has 208 valence electrons. The van der Waals surface area contributed by atoms with E-state index in [-0.39, 0.29) is 45.4 Å². The number of fused-ring (bicyclic) bond motifs is 4. The standard InChI is InChI=1S/C31H48O6/c1-16-30-15-14-29(7)19-8-10-20(26(28(5,6)35)36-17(2)32)37-25(19)24(34)23(29)18(30)9-11-21-27(3,4)22(33)12-13-31(16,21)30/h16,18-23,25-26,33,35H,8-15H2,1-7H3/t16-,18-,19?,20+,21?,22-,23?,25?,26-,29+,30-,31?/m0/s1. The highest BCUT2D eigenvalue weighted by Gasteiger charge is 2.85. The number of carbonyl (C=O) groups is 2. The van der Waals surface area contributed by atoms with Gasteiger partial charge in [0.05, 0.1) is 17.8 Å². The van der Waals surface area contributed by atoms with E-state index in [9.17, 15) is 19.8 Å². The Morgan fingerprint density at radius 1 is 1.03 bits per heavy atom. The summed E-state index contributed by atoms with van der Waals surface area (Å²) in [5.41, 5.74) is -0.910. The highest BCUT2D eigenvalue weighted by Crippen LogP contribution is 2.89. The van der Waals surface area contributed by atoms with Gasteiger partial charge in [-0.25, -0.2) is 0 Å². The van der Waals surface area contributed by atoms with E-state index in [1.807, 2.05) is 0 Å². The molecule has 1 heterocycles. The number of carbonyl (C=O) groups excluding carboxylic acids is 2. The van der Waals surface area contributed by atoms with Crippen molar-refractivity contribution in [1.29, 1.82) is 0 Å². The molecule has 5 unspecified atom stereocenters. The van der Waals surface area contributed by atoms with Gasteiger partial charge in [-0.05, 0) is 111 Å². The molecule has 1 aliphatic heterocycles. The number of Topliss-reactive ketones (excluding diaryl/α,β-unsaturated/α-hetero) is 1. The Balaban J connectivity index is 1.31. The quantitative estimate of drug-likeness (QED) is 0.529. The van der Waals surface area contributed by atoms with Crippen LogP contribution in [0.3, 0.4) is 0 Å². The Morgan fingerprint density at radius 3 is 2.35 bits per heavy atom. The summed E-state index contributed by atoms with van der Waals surface area (Å²) in [7, 11) is 0. The van der Waals surface area contributed by atoms with Crippen molar-refractivity contribution in [2.75, 3.05) is 0 Å². The maximum Gasteiger partial charge on any atom is 0.303 e. The Morgan fingerprint density at radius 2 is 1.70 bits per heavy atom. The number of esters is 1. The fraction of sp³-hybridized carbons (Fsp3) is 0.935. The number of ether oxygens (including phenoxy) is 2. The van der Waals surface area contributed by atoms with Gasteiger partial charge in [0.25, 0.3) is 0 Å². The molecule has 0 aromatic carbocycles. The fourth-order valence-electron chi connectivity index (χ4n) is 11.8. The second-order valence-corrected chi connectivity index (χ2v) is 15.3. The van der Waals surface area contributed by atoms with Gasteiger partial charge in [0, 0.05) is 12.8 Å². The average molecular weight is 517 g/mol. The third-order valence-corrected chi connectivity index (χ3v) is 13.4. The van der Waals surface area contributed by atoms with Crippen molar-refractivity contribution in [1.82, 2.24) is 0 Å². The van der Waals surface area contributed by atoms with Crippen molar-refractivity contribution >= 4 is 11.8 Å². The predicted molar refractivity (Wildman–Crippen MR) is 138 cm³/mol. The summed E-state index contributed by atoms with van der Waals surface area (Å²) in [5, 5.41) is 21.7. The maximum atomic E-state index is 14.3. The van der Waals surface area contributed by atoms with Gasteiger partial charge in [0.1, 0.15) is 6.10 Å². The molecule has 6 rings (SSSR count). The SMILES string of the molecule is CC(=O)O[C@@H]([C@H]1CCC2C(O1)C(=O)C1[C@@H]3CCC4C(C)(C)[C@@H](O)CCC45[C@@H](C)[C@@]35CC[C@]21C)C(C)(C)O. The minimum absolute atomic E-state index is 0.0158. The summed E-state index contributed by atoms with van der Waals surface area (Å²) in [5.74, 6) is 1.54. The third kappa shape index (κ3) is 3.10. The second-order valence-electron chi connectivity index (χ2n) is 15.3. The van der Waals surface area contributed by atoms with Crippen LogP contribution < -0.4 is 0 Å². The number of aliphatic hydroxyl groups excluding tert-OH is 1. The molecule has 5 saturated carbocycles. The van der Waals surface area contributed by atoms with Crippen LogP contribution in [0.15, 0.2) is 0 Å². The van der Waals surface area contributed by atoms with Crippen molar-refractivity contribution in [3.8, 4) is 0 Å². The van der Waals surface area contributed by atoms with Gasteiger partial charge in [-0.1, -0.05) is 27.7 Å². The Kier molecular flexibility index (Phi) is 5.54. The minimum atomic E-state index is -1.25. The molecule has 12 atom stereocenters. The molecule has 37 heavy (non-hydrogen) atoms. The predicted octanol–water partition coefficient (Wildman–Crippen LogP) is 4.68. The largest absolute Gasteiger partial charge is 0.457 e. The van der Waals surface area contributed by atoms with E-state index in [4.69, 9.17) is 9.47 Å². The van der Waals surface area contributed by atoms with Gasteiger partial charge < -0.3 is 19.7 Å². The molecule has 6 nitrogen and oxygen atoms in total. The van der Waals surface area contributed by atoms with Crippen LogP contribution in [-0.2, 0) is 19.1 Å². The molecular weight excluding hydrogens is 468 g/mol. The first kappa shape index (κ1) is 26.3. The van der Waals surface area contributed by atoms with Gasteiger partial charge >= 0.3 is 5.97 Å². The maximum absolute atomic E-state index is 14.3. The molecule has 2 spiro atoms. The van der Waals surface area contributed by atoms with Crippen molar-refractivity contribution in [3.05, 3.63) is 0 Å². The first-order chi connectivity index (χ1) is 17.1. The first-order valence-electron chi connectivity index (χ1n) is 14.9. The van der Waals surface area contributed by atoms with Crippen LogP contribution in [0.5, 0.6) is 0 Å². The van der Waals surface area contributed by atoms with Crippen LogP contribution in [0.1, 0.15) is 99.8 Å². The lowest BCUT2D eigenvalue weighted by atomic mass is 9.46. The normalized spacial score (nSPS) is 52.6. The molecule has 0 aromatic heterocycles. The monoisotopic (exact) mass is 516 g/mol. The molecule has 6 aliphatic rings. The average Bonchev–Trinajstić information content (AvgIpc) is 3.25. The highest BCUT2D eigenvalue weighted by atomic mass is 16.6. The number of aliphatic hydroxyl groups is 2. The van der Waals surface area contributed by atoms with E-state index in [0.717, 1.165) is 38.5 Å². The van der Waals surface area contributed by atoms with E-state index in [1.54, 1.807) is 13.8 Å². The molecule has 2 N–H and O–H groups in total. The van der Waals surface area contributed by atoms with Crippen molar-refractivity contribution in [3.63, 3.8) is 0 Å². The molecule has 5 aliphatic carbocycles. The lowest BCUT2D eigenvalue weighted by Gasteiger charge is -2.58. The zero-order valence-electron chi connectivity index (χ0n) is 23.9. The third-order valence-electron chi connectivity index (χ3n) is 13.4. The van der Waals surface area contributed by atoms with Crippen LogP contribution in [-0.4, -0.2) is 52.0 Å². The smallest absolute Gasteiger partial charge is 0.303 e. The van der Waals surface area contributed by atoms with Crippen LogP contribution in [0.4, 0.5) is 0 Å². The van der Waals surface area contributed by atoms with Crippen molar-refractivity contribution in [2.45, 2.75) is 130 Å². The lowest BCUT2D eigenvalue weighted by Crippen LogP contribution is -2.55. The molecule has 0 bridgehead atoms. The molecular formula is C31H48O6. The molecule has 6 heteroatoms. The second kappa shape index (κ2) is 7.81. The lowest BCUT2D eigenvalue weighted by molar-refractivity contribution is -0.200. The van der Waals surface area contributed by atoms with Crippen molar-refractivity contribution in [2.24, 2.45) is 51.2 Å². The fourth-order valence-corrected chi connectivity index (χ4v) is 11.8. The summed E-state index contributed by atoms with van der Waals surface area (Å²) in [4.78, 5) is 26.2. The zero-order valence-corrected chi connectivity index (χ0v) is 23.9. The van der Waals surface area contributed by atoms with Gasteiger partial charge in [-0.2, -0.15) is 0 Å². The Labute approximate surface area is 222 Å². The minimum Gasteiger partial charge on any atom is -0.457 e. The van der Waals surface area contributed by atoms with Gasteiger partial charge in [-0.15, -0.1) is 0 Å². The summed E-state index contributed by atoms with van der Waals surface area (Å²) in [6.45, 7) is 14.0. The van der Waals surface area contributed by atoms with Crippen LogP contribution in [0, 0.1) is 51.2 Å². The van der Waals surface area contributed by atoms with E-state index in [1.165, 1.54) is 13.3 Å². The zero-order chi connectivity index (χ0) is 26.9. The van der Waals surface area contributed by atoms with Crippen LogP contribution >= 0.6 is 0 Å². The Hall–Kier alpha value is -0.980. The molecule has 0 aromatic rings.